The third kappa shape index (κ3) is 2.95. The summed E-state index contributed by atoms with van der Waals surface area (Å²) in [6.07, 6.45) is 1.18. The van der Waals surface area contributed by atoms with Crippen LogP contribution in [-0.2, 0) is 4.79 Å². The molecule has 0 bridgehead atoms. The Hall–Kier alpha value is -1.55. The average Bonchev–Trinajstić information content (AvgIpc) is 2.16. The summed E-state index contributed by atoms with van der Waals surface area (Å²) in [6, 6.07) is 2.92. The van der Waals surface area contributed by atoms with E-state index in [2.05, 4.69) is 11.9 Å². The van der Waals surface area contributed by atoms with Crippen molar-refractivity contribution in [1.82, 2.24) is 0 Å². The highest BCUT2D eigenvalue weighted by Gasteiger charge is 2.14. The van der Waals surface area contributed by atoms with Crippen LogP contribution in [0, 0.1) is 5.82 Å². The van der Waals surface area contributed by atoms with Gasteiger partial charge in [0, 0.05) is 5.02 Å². The summed E-state index contributed by atoms with van der Waals surface area (Å²) in [6.45, 7) is 3.33. The molecule has 1 unspecified atom stereocenters. The van der Waals surface area contributed by atoms with Crippen LogP contribution in [0.15, 0.2) is 30.9 Å². The fourth-order valence-corrected chi connectivity index (χ4v) is 1.15. The highest BCUT2D eigenvalue weighted by molar-refractivity contribution is 6.30. The zero-order valence-corrected chi connectivity index (χ0v) is 8.46. The average molecular weight is 230 g/mol. The fraction of sp³-hybridized carbons (Fsp3) is 0.100. The van der Waals surface area contributed by atoms with Crippen LogP contribution in [-0.4, -0.2) is 17.1 Å². The number of carbonyl (C=O) groups is 1. The third-order valence-corrected chi connectivity index (χ3v) is 1.98. The Bertz CT molecular complexity index is 395. The van der Waals surface area contributed by atoms with Gasteiger partial charge in [-0.25, -0.2) is 9.18 Å². The van der Waals surface area contributed by atoms with E-state index in [1.165, 1.54) is 18.2 Å². The zero-order valence-electron chi connectivity index (χ0n) is 7.71. The maximum atomic E-state index is 13.2. The summed E-state index contributed by atoms with van der Waals surface area (Å²) in [5, 5.41) is 11.4. The van der Waals surface area contributed by atoms with E-state index in [9.17, 15) is 9.18 Å². The molecule has 1 aromatic carbocycles. The lowest BCUT2D eigenvalue weighted by molar-refractivity contribution is -0.136. The summed E-state index contributed by atoms with van der Waals surface area (Å²) in [7, 11) is 0. The normalized spacial score (nSPS) is 11.9. The molecule has 3 nitrogen and oxygen atoms in total. The first-order chi connectivity index (χ1) is 7.04. The molecule has 0 amide bonds. The molecule has 1 rings (SSSR count). The highest BCUT2D eigenvalue weighted by atomic mass is 35.5. The summed E-state index contributed by atoms with van der Waals surface area (Å²) in [5.41, 5.74) is 0.0756. The van der Waals surface area contributed by atoms with Gasteiger partial charge in [-0.1, -0.05) is 17.7 Å². The minimum Gasteiger partial charge on any atom is -0.479 e. The topological polar surface area (TPSA) is 49.3 Å². The number of carboxylic acids is 1. The maximum absolute atomic E-state index is 13.2. The lowest BCUT2D eigenvalue weighted by Gasteiger charge is -2.12. The van der Waals surface area contributed by atoms with Gasteiger partial charge in [0.15, 0.2) is 0 Å². The number of aliphatic carboxylic acids is 1. The zero-order chi connectivity index (χ0) is 11.4. The molecular formula is C10H9ClFNO2. The van der Waals surface area contributed by atoms with Crippen LogP contribution in [0.1, 0.15) is 0 Å². The Morgan fingerprint density at radius 2 is 2.33 bits per heavy atom. The summed E-state index contributed by atoms with van der Waals surface area (Å²) < 4.78 is 13.2. The van der Waals surface area contributed by atoms with E-state index in [4.69, 9.17) is 16.7 Å². The SMILES string of the molecule is C=CC(Nc1ccc(Cl)cc1F)C(=O)O. The van der Waals surface area contributed by atoms with Crippen molar-refractivity contribution in [3.8, 4) is 0 Å². The van der Waals surface area contributed by atoms with Gasteiger partial charge < -0.3 is 10.4 Å². The minimum atomic E-state index is -1.13. The lowest BCUT2D eigenvalue weighted by Crippen LogP contribution is -2.27. The molecule has 1 aromatic rings. The molecule has 80 valence electrons. The van der Waals surface area contributed by atoms with E-state index in [-0.39, 0.29) is 10.7 Å². The van der Waals surface area contributed by atoms with Crippen LogP contribution in [0.2, 0.25) is 5.02 Å². The van der Waals surface area contributed by atoms with E-state index < -0.39 is 17.8 Å². The molecule has 5 heteroatoms. The van der Waals surface area contributed by atoms with Crippen LogP contribution >= 0.6 is 11.6 Å². The Morgan fingerprint density at radius 1 is 1.67 bits per heavy atom. The van der Waals surface area contributed by atoms with E-state index >= 15 is 0 Å². The molecule has 0 aromatic heterocycles. The van der Waals surface area contributed by atoms with Gasteiger partial charge in [-0.05, 0) is 18.2 Å². The van der Waals surface area contributed by atoms with E-state index in [1.54, 1.807) is 0 Å². The molecule has 0 aliphatic rings. The molecule has 1 atom stereocenters. The van der Waals surface area contributed by atoms with Crippen LogP contribution < -0.4 is 5.32 Å². The van der Waals surface area contributed by atoms with E-state index in [1.807, 2.05) is 0 Å². The van der Waals surface area contributed by atoms with E-state index in [0.717, 1.165) is 6.07 Å². The van der Waals surface area contributed by atoms with Gasteiger partial charge in [0.25, 0.3) is 0 Å². The Balaban J connectivity index is 2.88. The summed E-state index contributed by atoms with van der Waals surface area (Å²) >= 11 is 5.55. The molecule has 0 aliphatic heterocycles. The van der Waals surface area contributed by atoms with Gasteiger partial charge in [0.2, 0.25) is 0 Å². The first kappa shape index (κ1) is 11.5. The monoisotopic (exact) mass is 229 g/mol. The predicted molar refractivity (Wildman–Crippen MR) is 56.7 cm³/mol. The van der Waals surface area contributed by atoms with Crippen LogP contribution in [0.4, 0.5) is 10.1 Å². The standard InChI is InChI=1S/C10H9ClFNO2/c1-2-8(10(14)15)13-9-4-3-6(11)5-7(9)12/h2-5,8,13H,1H2,(H,14,15). The molecule has 0 saturated carbocycles. The molecule has 15 heavy (non-hydrogen) atoms. The van der Waals surface area contributed by atoms with Crippen molar-refractivity contribution in [3.05, 3.63) is 41.7 Å². The van der Waals surface area contributed by atoms with Gasteiger partial charge in [0.05, 0.1) is 5.69 Å². The van der Waals surface area contributed by atoms with Crippen LogP contribution in [0.5, 0.6) is 0 Å². The highest BCUT2D eigenvalue weighted by Crippen LogP contribution is 2.19. The number of hydrogen-bond acceptors (Lipinski definition) is 2. The third-order valence-electron chi connectivity index (χ3n) is 1.74. The smallest absolute Gasteiger partial charge is 0.330 e. The van der Waals surface area contributed by atoms with Crippen molar-refractivity contribution < 1.29 is 14.3 Å². The maximum Gasteiger partial charge on any atom is 0.330 e. The van der Waals surface area contributed by atoms with Gasteiger partial charge >= 0.3 is 5.97 Å². The molecule has 0 spiro atoms. The van der Waals surface area contributed by atoms with E-state index in [0.29, 0.717) is 0 Å². The number of halogens is 2. The van der Waals surface area contributed by atoms with Gasteiger partial charge in [-0.15, -0.1) is 6.58 Å². The molecular weight excluding hydrogens is 221 g/mol. The van der Waals surface area contributed by atoms with Crippen molar-refractivity contribution in [2.24, 2.45) is 0 Å². The number of nitrogens with one attached hydrogen (secondary N) is 1. The molecule has 0 heterocycles. The summed E-state index contributed by atoms with van der Waals surface area (Å²) in [4.78, 5) is 10.6. The Kier molecular flexibility index (Phi) is 3.68. The molecule has 0 fully saturated rings. The molecule has 0 saturated heterocycles. The number of carboxylic acid groups (broad SMARTS) is 1. The first-order valence-corrected chi connectivity index (χ1v) is 4.49. The molecule has 2 N–H and O–H groups in total. The second-order valence-corrected chi connectivity index (χ2v) is 3.26. The minimum absolute atomic E-state index is 0.0756. The molecule has 0 aliphatic carbocycles. The predicted octanol–water partition coefficient (Wildman–Crippen LogP) is 2.53. The number of hydrogen-bond donors (Lipinski definition) is 2. The van der Waals surface area contributed by atoms with Crippen molar-refractivity contribution >= 4 is 23.3 Å². The largest absolute Gasteiger partial charge is 0.479 e. The number of benzene rings is 1. The second-order valence-electron chi connectivity index (χ2n) is 2.82. The Morgan fingerprint density at radius 3 is 2.80 bits per heavy atom. The fourth-order valence-electron chi connectivity index (χ4n) is 0.996. The van der Waals surface area contributed by atoms with Crippen molar-refractivity contribution in [2.75, 3.05) is 5.32 Å². The number of anilines is 1. The second kappa shape index (κ2) is 4.79. The van der Waals surface area contributed by atoms with Crippen molar-refractivity contribution in [3.63, 3.8) is 0 Å². The van der Waals surface area contributed by atoms with Gasteiger partial charge in [0.1, 0.15) is 11.9 Å². The quantitative estimate of drug-likeness (QED) is 0.780. The first-order valence-electron chi connectivity index (χ1n) is 4.11. The van der Waals surface area contributed by atoms with Gasteiger partial charge in [-0.3, -0.25) is 0 Å². The molecule has 0 radical (unpaired) electrons. The Labute approximate surface area is 91.2 Å². The summed E-state index contributed by atoms with van der Waals surface area (Å²) in [5.74, 6) is -1.73. The van der Waals surface area contributed by atoms with Crippen molar-refractivity contribution in [2.45, 2.75) is 6.04 Å². The van der Waals surface area contributed by atoms with Crippen molar-refractivity contribution in [1.29, 1.82) is 0 Å². The van der Waals surface area contributed by atoms with Crippen LogP contribution in [0.3, 0.4) is 0 Å². The number of rotatable bonds is 4. The van der Waals surface area contributed by atoms with Crippen LogP contribution in [0.25, 0.3) is 0 Å². The lowest BCUT2D eigenvalue weighted by atomic mass is 10.2. The van der Waals surface area contributed by atoms with Gasteiger partial charge in [-0.2, -0.15) is 0 Å².